The molecule has 9 heteroatoms. The first-order valence-corrected chi connectivity index (χ1v) is 10.8. The molecule has 3 rings (SSSR count). The van der Waals surface area contributed by atoms with Gasteiger partial charge in [0.15, 0.2) is 11.2 Å². The Morgan fingerprint density at radius 1 is 1.32 bits per heavy atom. The minimum Gasteiger partial charge on any atom is -0.451 e. The number of amides is 2. The lowest BCUT2D eigenvalue weighted by molar-refractivity contribution is -0.153. The summed E-state index contributed by atoms with van der Waals surface area (Å²) in [5, 5.41) is 4.83. The number of thioether (sulfide) groups is 1. The van der Waals surface area contributed by atoms with Crippen molar-refractivity contribution in [3.05, 3.63) is 35.2 Å². The van der Waals surface area contributed by atoms with Crippen LogP contribution in [0.3, 0.4) is 0 Å². The van der Waals surface area contributed by atoms with Crippen LogP contribution in [-0.4, -0.2) is 51.9 Å². The fourth-order valence-corrected chi connectivity index (χ4v) is 4.14. The van der Waals surface area contributed by atoms with Crippen LogP contribution in [0.4, 0.5) is 9.93 Å². The average Bonchev–Trinajstić information content (AvgIpc) is 3.31. The third kappa shape index (κ3) is 5.11. The topological polar surface area (TPSA) is 88.6 Å². The molecule has 7 nitrogen and oxygen atoms in total. The molecule has 1 aliphatic rings. The van der Waals surface area contributed by atoms with Crippen molar-refractivity contribution < 1.29 is 19.1 Å². The second-order valence-corrected chi connectivity index (χ2v) is 8.15. The van der Waals surface area contributed by atoms with Crippen molar-refractivity contribution in [1.82, 2.24) is 9.88 Å². The van der Waals surface area contributed by atoms with Crippen LogP contribution in [-0.2, 0) is 20.7 Å². The Morgan fingerprint density at radius 3 is 2.71 bits per heavy atom. The molecule has 0 radical (unpaired) electrons. The molecule has 148 valence electrons. The summed E-state index contributed by atoms with van der Waals surface area (Å²) < 4.78 is 5.13. The van der Waals surface area contributed by atoms with Gasteiger partial charge >= 0.3 is 5.97 Å². The maximum absolute atomic E-state index is 12.3. The van der Waals surface area contributed by atoms with Crippen molar-refractivity contribution in [3.63, 3.8) is 0 Å². The van der Waals surface area contributed by atoms with E-state index in [4.69, 9.17) is 4.74 Å². The van der Waals surface area contributed by atoms with E-state index in [1.54, 1.807) is 0 Å². The summed E-state index contributed by atoms with van der Waals surface area (Å²) in [7, 11) is 0. The van der Waals surface area contributed by atoms with Crippen molar-refractivity contribution in [1.29, 1.82) is 0 Å². The number of nitrogens with one attached hydrogen (secondary N) is 1. The molecule has 0 spiro atoms. The van der Waals surface area contributed by atoms with E-state index in [0.29, 0.717) is 17.4 Å². The number of aromatic nitrogens is 1. The number of carbonyl (C=O) groups is 3. The summed E-state index contributed by atoms with van der Waals surface area (Å²) >= 11 is 2.48. The highest BCUT2D eigenvalue weighted by molar-refractivity contribution is 8.13. The Morgan fingerprint density at radius 2 is 2.07 bits per heavy atom. The molecular weight excluding hydrogens is 398 g/mol. The zero-order valence-corrected chi connectivity index (χ0v) is 17.3. The highest BCUT2D eigenvalue weighted by atomic mass is 32.2. The van der Waals surface area contributed by atoms with Crippen LogP contribution in [0.25, 0.3) is 11.3 Å². The number of rotatable bonds is 7. The Labute approximate surface area is 171 Å². The van der Waals surface area contributed by atoms with E-state index in [2.05, 4.69) is 29.4 Å². The molecule has 1 saturated heterocycles. The van der Waals surface area contributed by atoms with Crippen LogP contribution in [0.15, 0.2) is 29.6 Å². The van der Waals surface area contributed by atoms with Crippen LogP contribution < -0.4 is 5.32 Å². The van der Waals surface area contributed by atoms with Gasteiger partial charge in [0.25, 0.3) is 11.1 Å². The van der Waals surface area contributed by atoms with Crippen LogP contribution in [0.1, 0.15) is 19.4 Å². The summed E-state index contributed by atoms with van der Waals surface area (Å²) in [5.41, 5.74) is 3.00. The monoisotopic (exact) mass is 419 g/mol. The van der Waals surface area contributed by atoms with Crippen LogP contribution in [0, 0.1) is 0 Å². The number of carbonyl (C=O) groups excluding carboxylic acids is 3. The minimum atomic E-state index is -0.978. The van der Waals surface area contributed by atoms with Gasteiger partial charge in [-0.05, 0) is 18.9 Å². The molecule has 0 unspecified atom stereocenters. The van der Waals surface area contributed by atoms with E-state index in [1.165, 1.54) is 40.5 Å². The summed E-state index contributed by atoms with van der Waals surface area (Å²) in [4.78, 5) is 41.6. The number of hydrogen-bond acceptors (Lipinski definition) is 7. The molecule has 0 saturated carbocycles. The molecule has 2 aromatic rings. The van der Waals surface area contributed by atoms with Crippen molar-refractivity contribution in [3.8, 4) is 11.3 Å². The Hall–Kier alpha value is -2.39. The van der Waals surface area contributed by atoms with Gasteiger partial charge in [0, 0.05) is 23.2 Å². The van der Waals surface area contributed by atoms with Crippen molar-refractivity contribution in [2.45, 2.75) is 26.4 Å². The Balaban J connectivity index is 1.53. The van der Waals surface area contributed by atoms with E-state index in [1.807, 2.05) is 17.5 Å². The third-order valence-corrected chi connectivity index (χ3v) is 5.88. The maximum Gasteiger partial charge on any atom is 0.326 e. The summed E-state index contributed by atoms with van der Waals surface area (Å²) in [6.45, 7) is 3.96. The van der Waals surface area contributed by atoms with Gasteiger partial charge in [0.2, 0.25) is 0 Å². The third-order valence-electron chi connectivity index (χ3n) is 4.23. The lowest BCUT2D eigenvalue weighted by Gasteiger charge is -2.16. The first-order valence-electron chi connectivity index (χ1n) is 8.93. The van der Waals surface area contributed by atoms with Crippen molar-refractivity contribution >= 4 is 45.3 Å². The molecule has 1 atom stereocenters. The van der Waals surface area contributed by atoms with E-state index in [9.17, 15) is 14.4 Å². The van der Waals surface area contributed by atoms with Crippen molar-refractivity contribution in [2.24, 2.45) is 0 Å². The van der Waals surface area contributed by atoms with Gasteiger partial charge in [0.1, 0.15) is 6.54 Å². The molecular formula is C19H21N3O4S2. The number of hydrogen-bond donors (Lipinski definition) is 1. The normalized spacial score (nSPS) is 14.8. The number of ether oxygens (including phenoxy) is 1. The minimum absolute atomic E-state index is 0.140. The highest BCUT2D eigenvalue weighted by Crippen LogP contribution is 2.25. The lowest BCUT2D eigenvalue weighted by Crippen LogP contribution is -2.36. The van der Waals surface area contributed by atoms with E-state index >= 15 is 0 Å². The fraction of sp³-hybridized carbons (Fsp3) is 0.368. The predicted molar refractivity (Wildman–Crippen MR) is 111 cm³/mol. The van der Waals surface area contributed by atoms with E-state index in [0.717, 1.165) is 17.7 Å². The second kappa shape index (κ2) is 9.20. The first-order chi connectivity index (χ1) is 13.5. The average molecular weight is 420 g/mol. The Bertz CT molecular complexity index is 866. The molecule has 2 amide bonds. The highest BCUT2D eigenvalue weighted by Gasteiger charge is 2.26. The van der Waals surface area contributed by atoms with Gasteiger partial charge in [0.05, 0.1) is 5.69 Å². The number of esters is 1. The van der Waals surface area contributed by atoms with Crippen LogP contribution >= 0.6 is 23.1 Å². The van der Waals surface area contributed by atoms with Gasteiger partial charge in [-0.3, -0.25) is 19.7 Å². The van der Waals surface area contributed by atoms with Gasteiger partial charge in [-0.15, -0.1) is 11.3 Å². The molecule has 1 aromatic carbocycles. The number of thiazole rings is 1. The molecule has 0 aliphatic carbocycles. The quantitative estimate of drug-likeness (QED) is 0.692. The first kappa shape index (κ1) is 20.3. The zero-order chi connectivity index (χ0) is 20.1. The standard InChI is InChI=1S/C19H21N3O4S2/c1-3-13-4-6-14(7-5-13)15-11-28-18(20-15)21-17(24)12(2)26-16(23)10-22-8-9-27-19(22)25/h4-7,11-12H,3,8-10H2,1-2H3,(H,20,21,24)/t12-/m0/s1. The largest absolute Gasteiger partial charge is 0.451 e. The number of benzene rings is 1. The van der Waals surface area contributed by atoms with Crippen LogP contribution in [0.2, 0.25) is 0 Å². The maximum atomic E-state index is 12.3. The van der Waals surface area contributed by atoms with Gasteiger partial charge in [-0.25, -0.2) is 4.98 Å². The summed E-state index contributed by atoms with van der Waals surface area (Å²) in [6.07, 6.45) is -0.00549. The van der Waals surface area contributed by atoms with E-state index < -0.39 is 18.0 Å². The smallest absolute Gasteiger partial charge is 0.326 e. The number of nitrogens with zero attached hydrogens (tertiary/aromatic N) is 2. The SMILES string of the molecule is CCc1ccc(-c2csc(NC(=O)[C@H](C)OC(=O)CN3CCSC3=O)n2)cc1. The number of aryl methyl sites for hydroxylation is 1. The second-order valence-electron chi connectivity index (χ2n) is 6.25. The van der Waals surface area contributed by atoms with Gasteiger partial charge < -0.3 is 9.64 Å². The summed E-state index contributed by atoms with van der Waals surface area (Å²) in [5.74, 6) is -0.401. The predicted octanol–water partition coefficient (Wildman–Crippen LogP) is 3.41. The lowest BCUT2D eigenvalue weighted by atomic mass is 10.1. The molecule has 1 aliphatic heterocycles. The zero-order valence-electron chi connectivity index (χ0n) is 15.6. The molecule has 1 fully saturated rings. The molecule has 0 bridgehead atoms. The molecule has 2 heterocycles. The van der Waals surface area contributed by atoms with Crippen molar-refractivity contribution in [2.75, 3.05) is 24.2 Å². The van der Waals surface area contributed by atoms with Gasteiger partial charge in [-0.2, -0.15) is 0 Å². The molecule has 1 aromatic heterocycles. The Kier molecular flexibility index (Phi) is 6.69. The number of anilines is 1. The fourth-order valence-electron chi connectivity index (χ4n) is 2.60. The van der Waals surface area contributed by atoms with Crippen LogP contribution in [0.5, 0.6) is 0 Å². The summed E-state index contributed by atoms with van der Waals surface area (Å²) in [6, 6.07) is 8.11. The molecule has 28 heavy (non-hydrogen) atoms. The van der Waals surface area contributed by atoms with Gasteiger partial charge in [-0.1, -0.05) is 43.0 Å². The molecule has 1 N–H and O–H groups in total. The van der Waals surface area contributed by atoms with E-state index in [-0.39, 0.29) is 11.8 Å².